The normalized spacial score (nSPS) is 11.2. The van der Waals surface area contributed by atoms with Crippen molar-refractivity contribution in [1.82, 2.24) is 5.43 Å². The summed E-state index contributed by atoms with van der Waals surface area (Å²) < 4.78 is 32.2. The average Bonchev–Trinajstić information content (AvgIpc) is 2.52. The fourth-order valence-electron chi connectivity index (χ4n) is 1.84. The highest BCUT2D eigenvalue weighted by molar-refractivity contribution is 6.01. The molecule has 2 rings (SSSR count). The van der Waals surface area contributed by atoms with Crippen LogP contribution in [0.2, 0.25) is 0 Å². The molecule has 0 spiro atoms. The molecule has 0 heterocycles. The van der Waals surface area contributed by atoms with Crippen molar-refractivity contribution in [2.75, 3.05) is 7.11 Å². The number of hydrogen-bond acceptors (Lipinski definition) is 3. The van der Waals surface area contributed by atoms with E-state index in [-0.39, 0.29) is 11.3 Å². The number of amides is 1. The second-order valence-corrected chi connectivity index (χ2v) is 4.46. The summed E-state index contributed by atoms with van der Waals surface area (Å²) in [5, 5.41) is 3.74. The van der Waals surface area contributed by atoms with Crippen LogP contribution in [0.1, 0.15) is 22.8 Å². The molecule has 0 aliphatic carbocycles. The molecule has 1 N–H and O–H groups in total. The maximum atomic E-state index is 13.6. The second kappa shape index (κ2) is 6.80. The molecule has 0 saturated heterocycles. The number of benzene rings is 2. The highest BCUT2D eigenvalue weighted by Gasteiger charge is 2.12. The van der Waals surface area contributed by atoms with Crippen LogP contribution >= 0.6 is 0 Å². The first kappa shape index (κ1) is 15.6. The summed E-state index contributed by atoms with van der Waals surface area (Å²) in [5.74, 6) is -1.34. The molecule has 0 unspecified atom stereocenters. The molecule has 2 aromatic rings. The molecule has 0 bridgehead atoms. The number of carbonyl (C=O) groups excluding carboxylic acids is 1. The van der Waals surface area contributed by atoms with E-state index in [4.69, 9.17) is 4.74 Å². The van der Waals surface area contributed by atoms with Crippen molar-refractivity contribution in [2.24, 2.45) is 5.10 Å². The summed E-state index contributed by atoms with van der Waals surface area (Å²) in [6.45, 7) is 1.41. The Labute approximate surface area is 126 Å². The number of carbonyl (C=O) groups is 1. The number of nitrogens with zero attached hydrogens (tertiary/aromatic N) is 1. The van der Waals surface area contributed by atoms with E-state index in [2.05, 4.69) is 10.5 Å². The predicted octanol–water partition coefficient (Wildman–Crippen LogP) is 3.13. The zero-order valence-electron chi connectivity index (χ0n) is 12.1. The van der Waals surface area contributed by atoms with E-state index in [1.807, 2.05) is 0 Å². The third-order valence-electron chi connectivity index (χ3n) is 3.00. The molecule has 0 saturated carbocycles. The Kier molecular flexibility index (Phi) is 4.83. The van der Waals surface area contributed by atoms with Crippen molar-refractivity contribution in [3.63, 3.8) is 0 Å². The topological polar surface area (TPSA) is 50.7 Å². The second-order valence-electron chi connectivity index (χ2n) is 4.46. The largest absolute Gasteiger partial charge is 0.497 e. The van der Waals surface area contributed by atoms with Crippen LogP contribution in [0.5, 0.6) is 5.75 Å². The Morgan fingerprint density at radius 1 is 1.09 bits per heavy atom. The average molecular weight is 304 g/mol. The highest BCUT2D eigenvalue weighted by Crippen LogP contribution is 2.13. The lowest BCUT2D eigenvalue weighted by Gasteiger charge is -2.06. The molecule has 0 radical (unpaired) electrons. The van der Waals surface area contributed by atoms with Crippen LogP contribution in [0, 0.1) is 11.6 Å². The first-order valence-corrected chi connectivity index (χ1v) is 6.46. The van der Waals surface area contributed by atoms with Gasteiger partial charge in [-0.2, -0.15) is 5.10 Å². The van der Waals surface area contributed by atoms with E-state index in [0.717, 1.165) is 12.1 Å². The maximum absolute atomic E-state index is 13.6. The third-order valence-corrected chi connectivity index (χ3v) is 3.00. The molecule has 0 aromatic heterocycles. The molecule has 22 heavy (non-hydrogen) atoms. The van der Waals surface area contributed by atoms with Crippen LogP contribution in [-0.4, -0.2) is 18.7 Å². The SMILES string of the molecule is COc1ccc(C(=O)N/N=C(/C)c2c(F)cccc2F)cc1. The molecule has 0 fully saturated rings. The van der Waals surface area contributed by atoms with Gasteiger partial charge >= 0.3 is 0 Å². The Hall–Kier alpha value is -2.76. The van der Waals surface area contributed by atoms with E-state index in [9.17, 15) is 13.6 Å². The fraction of sp³-hybridized carbons (Fsp3) is 0.125. The Morgan fingerprint density at radius 2 is 1.68 bits per heavy atom. The van der Waals surface area contributed by atoms with Gasteiger partial charge in [0.1, 0.15) is 17.4 Å². The van der Waals surface area contributed by atoms with Gasteiger partial charge in [-0.15, -0.1) is 0 Å². The van der Waals surface area contributed by atoms with Crippen LogP contribution in [0.25, 0.3) is 0 Å². The molecule has 0 aliphatic heterocycles. The molecule has 0 atom stereocenters. The number of hydrogen-bond donors (Lipinski definition) is 1. The third kappa shape index (κ3) is 3.46. The van der Waals surface area contributed by atoms with Gasteiger partial charge in [-0.25, -0.2) is 14.2 Å². The monoisotopic (exact) mass is 304 g/mol. The zero-order valence-corrected chi connectivity index (χ0v) is 12.1. The summed E-state index contributed by atoms with van der Waals surface area (Å²) in [7, 11) is 1.52. The van der Waals surface area contributed by atoms with Gasteiger partial charge in [0.2, 0.25) is 0 Å². The number of nitrogens with one attached hydrogen (secondary N) is 1. The maximum Gasteiger partial charge on any atom is 0.271 e. The number of halogens is 2. The quantitative estimate of drug-likeness (QED) is 0.697. The number of methoxy groups -OCH3 is 1. The number of hydrazone groups is 1. The smallest absolute Gasteiger partial charge is 0.271 e. The standard InChI is InChI=1S/C16H14F2N2O2/c1-10(15-13(17)4-3-5-14(15)18)19-20-16(21)11-6-8-12(22-2)9-7-11/h3-9H,1-2H3,(H,20,21)/b19-10-. The minimum atomic E-state index is -0.736. The molecule has 6 heteroatoms. The van der Waals surface area contributed by atoms with E-state index in [1.165, 1.54) is 20.1 Å². The van der Waals surface area contributed by atoms with Crippen LogP contribution in [0.4, 0.5) is 8.78 Å². The minimum Gasteiger partial charge on any atom is -0.497 e. The van der Waals surface area contributed by atoms with Gasteiger partial charge in [-0.1, -0.05) is 6.07 Å². The summed E-state index contributed by atoms with van der Waals surface area (Å²) >= 11 is 0. The van der Waals surface area contributed by atoms with Crippen LogP contribution < -0.4 is 10.2 Å². The van der Waals surface area contributed by atoms with Crippen LogP contribution in [-0.2, 0) is 0 Å². The van der Waals surface area contributed by atoms with Gasteiger partial charge in [-0.05, 0) is 43.3 Å². The minimum absolute atomic E-state index is 0.0393. The number of rotatable bonds is 4. The predicted molar refractivity (Wildman–Crippen MR) is 79.0 cm³/mol. The van der Waals surface area contributed by atoms with Gasteiger partial charge in [-0.3, -0.25) is 4.79 Å². The lowest BCUT2D eigenvalue weighted by molar-refractivity contribution is 0.0954. The molecule has 1 amide bonds. The van der Waals surface area contributed by atoms with E-state index in [1.54, 1.807) is 24.3 Å². The summed E-state index contributed by atoms with van der Waals surface area (Å²) in [5.41, 5.74) is 2.39. The molecular formula is C16H14F2N2O2. The zero-order chi connectivity index (χ0) is 16.1. The van der Waals surface area contributed by atoms with Crippen LogP contribution in [0.15, 0.2) is 47.6 Å². The first-order valence-electron chi connectivity index (χ1n) is 6.46. The van der Waals surface area contributed by atoms with Gasteiger partial charge in [0.15, 0.2) is 0 Å². The van der Waals surface area contributed by atoms with Crippen molar-refractivity contribution in [2.45, 2.75) is 6.92 Å². The van der Waals surface area contributed by atoms with Gasteiger partial charge in [0.05, 0.1) is 18.4 Å². The fourth-order valence-corrected chi connectivity index (χ4v) is 1.84. The van der Waals surface area contributed by atoms with Crippen molar-refractivity contribution in [1.29, 1.82) is 0 Å². The summed E-state index contributed by atoms with van der Waals surface area (Å²) in [6.07, 6.45) is 0. The summed E-state index contributed by atoms with van der Waals surface area (Å²) in [6, 6.07) is 9.89. The Balaban J connectivity index is 2.14. The van der Waals surface area contributed by atoms with Crippen LogP contribution in [0.3, 0.4) is 0 Å². The van der Waals surface area contributed by atoms with Gasteiger partial charge < -0.3 is 4.74 Å². The van der Waals surface area contributed by atoms with Gasteiger partial charge in [0, 0.05) is 5.56 Å². The Morgan fingerprint density at radius 3 is 2.23 bits per heavy atom. The van der Waals surface area contributed by atoms with E-state index < -0.39 is 17.5 Å². The number of ether oxygens (including phenoxy) is 1. The van der Waals surface area contributed by atoms with E-state index in [0.29, 0.717) is 11.3 Å². The van der Waals surface area contributed by atoms with Crippen molar-refractivity contribution < 1.29 is 18.3 Å². The highest BCUT2D eigenvalue weighted by atomic mass is 19.1. The van der Waals surface area contributed by atoms with Crippen molar-refractivity contribution in [3.05, 3.63) is 65.2 Å². The molecule has 114 valence electrons. The summed E-state index contributed by atoms with van der Waals surface area (Å²) in [4.78, 5) is 11.9. The molecular weight excluding hydrogens is 290 g/mol. The van der Waals surface area contributed by atoms with E-state index >= 15 is 0 Å². The van der Waals surface area contributed by atoms with Crippen molar-refractivity contribution >= 4 is 11.6 Å². The van der Waals surface area contributed by atoms with Gasteiger partial charge in [0.25, 0.3) is 5.91 Å². The first-order chi connectivity index (χ1) is 10.5. The lowest BCUT2D eigenvalue weighted by Crippen LogP contribution is -2.20. The molecule has 4 nitrogen and oxygen atoms in total. The Bertz CT molecular complexity index is 692. The lowest BCUT2D eigenvalue weighted by atomic mass is 10.1. The van der Waals surface area contributed by atoms with Crippen molar-refractivity contribution in [3.8, 4) is 5.75 Å². The molecule has 2 aromatic carbocycles. The molecule has 0 aliphatic rings.